The molecule has 1 heterocycles. The van der Waals surface area contributed by atoms with Crippen molar-refractivity contribution in [1.82, 2.24) is 5.32 Å². The van der Waals surface area contributed by atoms with Gasteiger partial charge in [0.15, 0.2) is 5.78 Å². The summed E-state index contributed by atoms with van der Waals surface area (Å²) in [5.41, 5.74) is 3.76. The van der Waals surface area contributed by atoms with Gasteiger partial charge in [0.2, 0.25) is 5.91 Å². The molecule has 4 rings (SSSR count). The number of ketones is 1. The number of benzene rings is 1. The summed E-state index contributed by atoms with van der Waals surface area (Å²) in [5.74, 6) is 0.237. The largest absolute Gasteiger partial charge is 0.357 e. The number of amides is 1. The van der Waals surface area contributed by atoms with Crippen molar-refractivity contribution in [3.63, 3.8) is 0 Å². The molecule has 1 aliphatic heterocycles. The molecule has 150 valence electrons. The molecule has 0 aromatic heterocycles. The van der Waals surface area contributed by atoms with Gasteiger partial charge in [-0.05, 0) is 43.7 Å². The lowest BCUT2D eigenvalue weighted by molar-refractivity contribution is -0.121. The number of hydrogen-bond donors (Lipinski definition) is 2. The Morgan fingerprint density at radius 3 is 2.68 bits per heavy atom. The first kappa shape index (κ1) is 19.0. The van der Waals surface area contributed by atoms with Gasteiger partial charge in [-0.3, -0.25) is 9.59 Å². The molecular weight excluding hydrogens is 350 g/mol. The van der Waals surface area contributed by atoms with E-state index in [0.29, 0.717) is 12.5 Å². The maximum atomic E-state index is 13.0. The summed E-state index contributed by atoms with van der Waals surface area (Å²) < 4.78 is 0. The van der Waals surface area contributed by atoms with Crippen molar-refractivity contribution in [2.24, 2.45) is 5.41 Å². The van der Waals surface area contributed by atoms with E-state index in [4.69, 9.17) is 0 Å². The molecule has 5 heteroatoms. The van der Waals surface area contributed by atoms with Gasteiger partial charge < -0.3 is 15.5 Å². The summed E-state index contributed by atoms with van der Waals surface area (Å²) in [6, 6.07) is 8.22. The van der Waals surface area contributed by atoms with E-state index in [-0.39, 0.29) is 29.7 Å². The molecule has 0 saturated heterocycles. The van der Waals surface area contributed by atoms with Gasteiger partial charge in [-0.15, -0.1) is 0 Å². The van der Waals surface area contributed by atoms with Crippen molar-refractivity contribution in [3.8, 4) is 0 Å². The number of nitrogens with one attached hydrogen (secondary N) is 2. The summed E-state index contributed by atoms with van der Waals surface area (Å²) >= 11 is 0. The third-order valence-corrected chi connectivity index (χ3v) is 6.34. The molecule has 1 amide bonds. The average Bonchev–Trinajstić information content (AvgIpc) is 3.08. The minimum atomic E-state index is -0.135. The fraction of sp³-hybridized carbons (Fsp3) is 0.565. The van der Waals surface area contributed by atoms with Gasteiger partial charge in [0.05, 0.1) is 24.0 Å². The Kier molecular flexibility index (Phi) is 4.94. The molecule has 0 radical (unpaired) electrons. The van der Waals surface area contributed by atoms with E-state index >= 15 is 0 Å². The van der Waals surface area contributed by atoms with Crippen LogP contribution in [0.5, 0.6) is 0 Å². The Morgan fingerprint density at radius 2 is 1.93 bits per heavy atom. The first-order valence-electron chi connectivity index (χ1n) is 10.5. The highest BCUT2D eigenvalue weighted by atomic mass is 16.2. The number of carbonyl (C=O) groups is 2. The van der Waals surface area contributed by atoms with Crippen molar-refractivity contribution >= 4 is 23.1 Å². The van der Waals surface area contributed by atoms with Crippen LogP contribution >= 0.6 is 0 Å². The highest BCUT2D eigenvalue weighted by molar-refractivity contribution is 6.01. The Labute approximate surface area is 167 Å². The zero-order valence-corrected chi connectivity index (χ0v) is 17.2. The first-order valence-corrected chi connectivity index (χ1v) is 10.5. The SMILES string of the molecule is CC1C2=C(CC(C)(C)CC2=O)Nc2ccccc2N1CC(=O)NC1CCCC1. The lowest BCUT2D eigenvalue weighted by Crippen LogP contribution is -2.46. The molecule has 2 aliphatic carbocycles. The van der Waals surface area contributed by atoms with Crippen LogP contribution in [0.1, 0.15) is 59.3 Å². The summed E-state index contributed by atoms with van der Waals surface area (Å²) in [5, 5.41) is 6.73. The lowest BCUT2D eigenvalue weighted by atomic mass is 9.74. The Morgan fingerprint density at radius 1 is 1.21 bits per heavy atom. The highest BCUT2D eigenvalue weighted by Gasteiger charge is 2.39. The zero-order valence-electron chi connectivity index (χ0n) is 17.2. The minimum Gasteiger partial charge on any atom is -0.357 e. The van der Waals surface area contributed by atoms with Crippen LogP contribution in [0.25, 0.3) is 0 Å². The van der Waals surface area contributed by atoms with Crippen LogP contribution < -0.4 is 15.5 Å². The van der Waals surface area contributed by atoms with Gasteiger partial charge in [0.25, 0.3) is 0 Å². The Balaban J connectivity index is 1.66. The quantitative estimate of drug-likeness (QED) is 0.830. The van der Waals surface area contributed by atoms with Crippen LogP contribution in [0.4, 0.5) is 11.4 Å². The molecule has 1 aromatic carbocycles. The lowest BCUT2D eigenvalue weighted by Gasteiger charge is -2.36. The minimum absolute atomic E-state index is 0.0428. The van der Waals surface area contributed by atoms with Crippen molar-refractivity contribution in [2.75, 3.05) is 16.8 Å². The number of fused-ring (bicyclic) bond motifs is 1. The zero-order chi connectivity index (χ0) is 19.9. The number of rotatable bonds is 3. The third kappa shape index (κ3) is 3.67. The van der Waals surface area contributed by atoms with Crippen LogP contribution in [0, 0.1) is 5.41 Å². The van der Waals surface area contributed by atoms with Gasteiger partial charge in [-0.25, -0.2) is 0 Å². The number of carbonyl (C=O) groups excluding carboxylic acids is 2. The van der Waals surface area contributed by atoms with Gasteiger partial charge >= 0.3 is 0 Å². The van der Waals surface area contributed by atoms with Crippen molar-refractivity contribution in [3.05, 3.63) is 35.5 Å². The summed E-state index contributed by atoms with van der Waals surface area (Å²) in [7, 11) is 0. The van der Waals surface area contributed by atoms with E-state index in [1.165, 1.54) is 12.8 Å². The number of Topliss-reactive ketones (excluding diaryl/α,β-unsaturated/α-hetero) is 1. The smallest absolute Gasteiger partial charge is 0.239 e. The molecule has 1 unspecified atom stereocenters. The van der Waals surface area contributed by atoms with Crippen LogP contribution in [0.3, 0.4) is 0 Å². The van der Waals surface area contributed by atoms with Gasteiger partial charge in [-0.2, -0.15) is 0 Å². The molecule has 2 N–H and O–H groups in total. The van der Waals surface area contributed by atoms with Crippen molar-refractivity contribution in [2.45, 2.75) is 71.4 Å². The number of allylic oxidation sites excluding steroid dienone is 1. The second kappa shape index (κ2) is 7.26. The Bertz CT molecular complexity index is 821. The molecule has 1 fully saturated rings. The predicted octanol–water partition coefficient (Wildman–Crippen LogP) is 4.01. The molecular formula is C23H31N3O2. The van der Waals surface area contributed by atoms with Crippen molar-refractivity contribution in [1.29, 1.82) is 0 Å². The monoisotopic (exact) mass is 381 g/mol. The second-order valence-electron chi connectivity index (χ2n) is 9.33. The van der Waals surface area contributed by atoms with Crippen LogP contribution in [-0.4, -0.2) is 30.3 Å². The molecule has 0 bridgehead atoms. The van der Waals surface area contributed by atoms with E-state index in [2.05, 4.69) is 36.3 Å². The van der Waals surface area contributed by atoms with Gasteiger partial charge in [0.1, 0.15) is 0 Å². The van der Waals surface area contributed by atoms with Crippen molar-refractivity contribution < 1.29 is 9.59 Å². The molecule has 1 saturated carbocycles. The fourth-order valence-corrected chi connectivity index (χ4v) is 5.01. The Hall–Kier alpha value is -2.30. The molecule has 0 spiro atoms. The summed E-state index contributed by atoms with van der Waals surface area (Å²) in [4.78, 5) is 27.9. The maximum absolute atomic E-state index is 13.0. The summed E-state index contributed by atoms with van der Waals surface area (Å²) in [6.07, 6.45) is 5.92. The third-order valence-electron chi connectivity index (χ3n) is 6.34. The molecule has 5 nitrogen and oxygen atoms in total. The van der Waals surface area contributed by atoms with Gasteiger partial charge in [0, 0.05) is 23.7 Å². The fourth-order valence-electron chi connectivity index (χ4n) is 5.01. The molecule has 1 atom stereocenters. The van der Waals surface area contributed by atoms with Crippen LogP contribution in [0.2, 0.25) is 0 Å². The van der Waals surface area contributed by atoms with E-state index in [1.54, 1.807) is 0 Å². The topological polar surface area (TPSA) is 61.4 Å². The number of nitrogens with zero attached hydrogens (tertiary/aromatic N) is 1. The number of hydrogen-bond acceptors (Lipinski definition) is 4. The highest BCUT2D eigenvalue weighted by Crippen LogP contribution is 2.43. The normalized spacial score (nSPS) is 24.3. The number of anilines is 2. The molecule has 1 aromatic rings. The predicted molar refractivity (Wildman–Crippen MR) is 112 cm³/mol. The van der Waals surface area contributed by atoms with E-state index in [9.17, 15) is 9.59 Å². The first-order chi connectivity index (χ1) is 13.3. The van der Waals surface area contributed by atoms with Crippen LogP contribution in [-0.2, 0) is 9.59 Å². The molecule has 3 aliphatic rings. The van der Waals surface area contributed by atoms with E-state index in [1.807, 2.05) is 24.3 Å². The molecule has 28 heavy (non-hydrogen) atoms. The van der Waals surface area contributed by atoms with Gasteiger partial charge in [-0.1, -0.05) is 38.8 Å². The number of para-hydroxylation sites is 2. The van der Waals surface area contributed by atoms with E-state index in [0.717, 1.165) is 41.9 Å². The second-order valence-corrected chi connectivity index (χ2v) is 9.33. The maximum Gasteiger partial charge on any atom is 0.239 e. The average molecular weight is 382 g/mol. The van der Waals surface area contributed by atoms with Crippen LogP contribution in [0.15, 0.2) is 35.5 Å². The standard InChI is InChI=1S/C23H31N3O2/c1-15-22-18(12-23(2,3)13-20(22)27)25-17-10-6-7-11-19(17)26(15)14-21(28)24-16-8-4-5-9-16/h6-7,10-11,15-16,25H,4-5,8-9,12-14H2,1-3H3,(H,24,28). The summed E-state index contributed by atoms with van der Waals surface area (Å²) in [6.45, 7) is 6.61. The van der Waals surface area contributed by atoms with E-state index < -0.39 is 0 Å².